The van der Waals surface area contributed by atoms with Gasteiger partial charge in [-0.25, -0.2) is 5.01 Å². The molecule has 16 heavy (non-hydrogen) atoms. The molecule has 2 N–H and O–H groups in total. The maximum atomic E-state index is 11.8. The Morgan fingerprint density at radius 2 is 2.19 bits per heavy atom. The van der Waals surface area contributed by atoms with E-state index in [9.17, 15) is 4.79 Å². The second-order valence-corrected chi connectivity index (χ2v) is 3.71. The lowest BCUT2D eigenvalue weighted by molar-refractivity contribution is -0.121. The van der Waals surface area contributed by atoms with Crippen LogP contribution in [0.4, 0.5) is 5.69 Å². The van der Waals surface area contributed by atoms with Gasteiger partial charge in [-0.3, -0.25) is 10.6 Å². The van der Waals surface area contributed by atoms with Gasteiger partial charge in [0, 0.05) is 24.3 Å². The Kier molecular flexibility index (Phi) is 2.91. The standard InChI is InChI=1S/C12H13N3O/c1-2-10-4-3-5-11(8-10)15-7-6-14(13)9-12(15)16/h1,3-5,8H,6-7,9,13H2. The van der Waals surface area contributed by atoms with Crippen LogP contribution in [0.2, 0.25) is 0 Å². The minimum absolute atomic E-state index is 0.00271. The summed E-state index contributed by atoms with van der Waals surface area (Å²) in [7, 11) is 0. The van der Waals surface area contributed by atoms with Crippen molar-refractivity contribution in [3.05, 3.63) is 29.8 Å². The summed E-state index contributed by atoms with van der Waals surface area (Å²) in [6.07, 6.45) is 5.32. The van der Waals surface area contributed by atoms with Crippen LogP contribution < -0.4 is 10.7 Å². The molecule has 1 aromatic carbocycles. The number of rotatable bonds is 1. The van der Waals surface area contributed by atoms with Crippen LogP contribution in [0, 0.1) is 12.3 Å². The molecule has 1 heterocycles. The predicted molar refractivity (Wildman–Crippen MR) is 62.5 cm³/mol. The van der Waals surface area contributed by atoms with E-state index in [0.29, 0.717) is 13.1 Å². The van der Waals surface area contributed by atoms with Crippen molar-refractivity contribution in [2.75, 3.05) is 24.5 Å². The number of hydrogen-bond donors (Lipinski definition) is 1. The molecule has 82 valence electrons. The number of nitrogens with zero attached hydrogens (tertiary/aromatic N) is 2. The molecule has 0 saturated carbocycles. The topological polar surface area (TPSA) is 49.6 Å². The van der Waals surface area contributed by atoms with Crippen molar-refractivity contribution in [1.82, 2.24) is 5.01 Å². The van der Waals surface area contributed by atoms with Crippen LogP contribution in [0.3, 0.4) is 0 Å². The first-order valence-corrected chi connectivity index (χ1v) is 5.07. The Labute approximate surface area is 94.6 Å². The van der Waals surface area contributed by atoms with Crippen molar-refractivity contribution in [3.8, 4) is 12.3 Å². The van der Waals surface area contributed by atoms with Gasteiger partial charge in [-0.05, 0) is 18.2 Å². The summed E-state index contributed by atoms with van der Waals surface area (Å²) in [5.74, 6) is 8.13. The molecule has 1 fully saturated rings. The first-order chi connectivity index (χ1) is 7.70. The van der Waals surface area contributed by atoms with Gasteiger partial charge in [0.25, 0.3) is 0 Å². The van der Waals surface area contributed by atoms with E-state index < -0.39 is 0 Å². The van der Waals surface area contributed by atoms with Crippen LogP contribution in [0.1, 0.15) is 5.56 Å². The zero-order valence-electron chi connectivity index (χ0n) is 8.89. The van der Waals surface area contributed by atoms with Crippen molar-refractivity contribution >= 4 is 11.6 Å². The van der Waals surface area contributed by atoms with Gasteiger partial charge in [-0.15, -0.1) is 6.42 Å². The smallest absolute Gasteiger partial charge is 0.242 e. The zero-order valence-corrected chi connectivity index (χ0v) is 8.89. The normalized spacial score (nSPS) is 17.2. The second-order valence-electron chi connectivity index (χ2n) is 3.71. The molecule has 0 bridgehead atoms. The lowest BCUT2D eigenvalue weighted by atomic mass is 10.2. The molecular weight excluding hydrogens is 202 g/mol. The third kappa shape index (κ3) is 2.06. The summed E-state index contributed by atoms with van der Waals surface area (Å²) in [5.41, 5.74) is 1.62. The summed E-state index contributed by atoms with van der Waals surface area (Å²) in [4.78, 5) is 13.5. The van der Waals surface area contributed by atoms with Gasteiger partial charge >= 0.3 is 0 Å². The molecule has 1 amide bonds. The molecular formula is C12H13N3O. The monoisotopic (exact) mass is 215 g/mol. The van der Waals surface area contributed by atoms with Crippen molar-refractivity contribution in [2.45, 2.75) is 0 Å². The lowest BCUT2D eigenvalue weighted by Gasteiger charge is -2.31. The van der Waals surface area contributed by atoms with Crippen LogP contribution in [-0.2, 0) is 4.79 Å². The Bertz CT molecular complexity index is 450. The molecule has 0 unspecified atom stereocenters. The van der Waals surface area contributed by atoms with E-state index in [4.69, 9.17) is 12.3 Å². The van der Waals surface area contributed by atoms with Crippen LogP contribution in [0.25, 0.3) is 0 Å². The van der Waals surface area contributed by atoms with Crippen molar-refractivity contribution in [1.29, 1.82) is 0 Å². The fourth-order valence-corrected chi connectivity index (χ4v) is 1.73. The molecule has 2 rings (SSSR count). The average Bonchev–Trinajstić information content (AvgIpc) is 2.29. The third-order valence-electron chi connectivity index (χ3n) is 2.57. The Hall–Kier alpha value is -1.83. The second kappa shape index (κ2) is 4.35. The molecule has 0 aromatic heterocycles. The Morgan fingerprint density at radius 1 is 1.38 bits per heavy atom. The number of hydrazine groups is 1. The molecule has 4 heteroatoms. The van der Waals surface area contributed by atoms with E-state index in [1.54, 1.807) is 4.90 Å². The zero-order chi connectivity index (χ0) is 11.5. The Balaban J connectivity index is 2.24. The fraction of sp³-hybridized carbons (Fsp3) is 0.250. The maximum absolute atomic E-state index is 11.8. The summed E-state index contributed by atoms with van der Waals surface area (Å²) in [5, 5.41) is 1.52. The number of nitrogens with two attached hydrogens (primary N) is 1. The fourth-order valence-electron chi connectivity index (χ4n) is 1.73. The molecule has 4 nitrogen and oxygen atoms in total. The van der Waals surface area contributed by atoms with Crippen molar-refractivity contribution in [2.24, 2.45) is 5.84 Å². The van der Waals surface area contributed by atoms with E-state index in [0.717, 1.165) is 11.3 Å². The van der Waals surface area contributed by atoms with Gasteiger partial charge in [-0.1, -0.05) is 12.0 Å². The highest BCUT2D eigenvalue weighted by Gasteiger charge is 2.23. The molecule has 0 radical (unpaired) electrons. The molecule has 0 atom stereocenters. The highest BCUT2D eigenvalue weighted by molar-refractivity contribution is 5.95. The van der Waals surface area contributed by atoms with E-state index in [2.05, 4.69) is 5.92 Å². The summed E-state index contributed by atoms with van der Waals surface area (Å²) in [6, 6.07) is 7.41. The van der Waals surface area contributed by atoms with E-state index >= 15 is 0 Å². The predicted octanol–water partition coefficient (Wildman–Crippen LogP) is 0.190. The first-order valence-electron chi connectivity index (χ1n) is 5.07. The van der Waals surface area contributed by atoms with Crippen molar-refractivity contribution < 1.29 is 4.79 Å². The van der Waals surface area contributed by atoms with Gasteiger partial charge in [0.2, 0.25) is 5.91 Å². The van der Waals surface area contributed by atoms with E-state index in [1.807, 2.05) is 24.3 Å². The van der Waals surface area contributed by atoms with Gasteiger partial charge in [-0.2, -0.15) is 0 Å². The third-order valence-corrected chi connectivity index (χ3v) is 2.57. The number of benzene rings is 1. The van der Waals surface area contributed by atoms with E-state index in [-0.39, 0.29) is 12.5 Å². The van der Waals surface area contributed by atoms with Crippen LogP contribution in [-0.4, -0.2) is 30.6 Å². The van der Waals surface area contributed by atoms with Gasteiger partial charge in [0.05, 0.1) is 6.54 Å². The quantitative estimate of drug-likeness (QED) is 0.537. The number of anilines is 1. The number of carbonyl (C=O) groups excluding carboxylic acids is 1. The van der Waals surface area contributed by atoms with Crippen molar-refractivity contribution in [3.63, 3.8) is 0 Å². The number of terminal acetylenes is 1. The van der Waals surface area contributed by atoms with Gasteiger partial charge in [0.1, 0.15) is 0 Å². The lowest BCUT2D eigenvalue weighted by Crippen LogP contribution is -2.53. The summed E-state index contributed by atoms with van der Waals surface area (Å²) in [6.45, 7) is 1.52. The van der Waals surface area contributed by atoms with Gasteiger partial charge < -0.3 is 4.90 Å². The SMILES string of the molecule is C#Cc1cccc(N2CCN(N)CC2=O)c1. The molecule has 1 aliphatic rings. The first kappa shape index (κ1) is 10.7. The number of amides is 1. The van der Waals surface area contributed by atoms with Gasteiger partial charge in [0.15, 0.2) is 0 Å². The summed E-state index contributed by atoms with van der Waals surface area (Å²) < 4.78 is 0. The molecule has 1 saturated heterocycles. The number of piperazine rings is 1. The highest BCUT2D eigenvalue weighted by atomic mass is 16.2. The highest BCUT2D eigenvalue weighted by Crippen LogP contribution is 2.17. The minimum Gasteiger partial charge on any atom is -0.310 e. The Morgan fingerprint density at radius 3 is 2.88 bits per heavy atom. The van der Waals surface area contributed by atoms with Crippen LogP contribution >= 0.6 is 0 Å². The number of carbonyl (C=O) groups is 1. The van der Waals surface area contributed by atoms with Crippen LogP contribution in [0.5, 0.6) is 0 Å². The van der Waals surface area contributed by atoms with Crippen LogP contribution in [0.15, 0.2) is 24.3 Å². The summed E-state index contributed by atoms with van der Waals surface area (Å²) >= 11 is 0. The molecule has 0 spiro atoms. The molecule has 0 aliphatic carbocycles. The number of hydrogen-bond acceptors (Lipinski definition) is 3. The molecule has 1 aliphatic heterocycles. The maximum Gasteiger partial charge on any atom is 0.242 e. The van der Waals surface area contributed by atoms with E-state index in [1.165, 1.54) is 5.01 Å². The average molecular weight is 215 g/mol. The largest absolute Gasteiger partial charge is 0.310 e. The molecule has 1 aromatic rings. The minimum atomic E-state index is 0.00271.